The van der Waals surface area contributed by atoms with Crippen molar-refractivity contribution in [2.24, 2.45) is 0 Å². The van der Waals surface area contributed by atoms with Gasteiger partial charge in [-0.2, -0.15) is 0 Å². The number of hydrogen-bond donors (Lipinski definition) is 1. The molecule has 0 bridgehead atoms. The Morgan fingerprint density at radius 2 is 1.55 bits per heavy atom. The van der Waals surface area contributed by atoms with Gasteiger partial charge in [-0.1, -0.05) is 72.8 Å². The van der Waals surface area contributed by atoms with Crippen molar-refractivity contribution in [2.45, 2.75) is 50.0 Å². The van der Waals surface area contributed by atoms with E-state index in [2.05, 4.69) is 29.2 Å². The Kier molecular flexibility index (Phi) is 10.8. The summed E-state index contributed by atoms with van der Waals surface area (Å²) in [4.78, 5) is 29.6. The highest BCUT2D eigenvalue weighted by Gasteiger charge is 2.43. The third kappa shape index (κ3) is 7.39. The molecule has 4 rings (SSSR count). The Morgan fingerprint density at radius 1 is 0.929 bits per heavy atom. The van der Waals surface area contributed by atoms with Gasteiger partial charge in [0.2, 0.25) is 5.91 Å². The van der Waals surface area contributed by atoms with Crippen molar-refractivity contribution >= 4 is 11.9 Å². The van der Waals surface area contributed by atoms with Gasteiger partial charge < -0.3 is 24.4 Å². The van der Waals surface area contributed by atoms with Gasteiger partial charge in [-0.05, 0) is 68.0 Å². The predicted octanol–water partition coefficient (Wildman–Crippen LogP) is 5.16. The molecule has 1 saturated heterocycles. The third-order valence-electron chi connectivity index (χ3n) is 8.26. The van der Waals surface area contributed by atoms with Gasteiger partial charge in [0.15, 0.2) is 0 Å². The zero-order valence-electron chi connectivity index (χ0n) is 25.1. The molecule has 0 atom stereocenters. The number of nitrogens with zero attached hydrogens (tertiary/aromatic N) is 2. The van der Waals surface area contributed by atoms with Crippen LogP contribution in [0, 0.1) is 0 Å². The minimum atomic E-state index is -0.948. The van der Waals surface area contributed by atoms with Crippen LogP contribution in [0.25, 0.3) is 0 Å². The summed E-state index contributed by atoms with van der Waals surface area (Å²) < 4.78 is 10.8. The molecule has 0 aliphatic carbocycles. The number of carbonyl (C=O) groups is 2. The number of amides is 1. The number of ether oxygens (including phenoxy) is 2. The van der Waals surface area contributed by atoms with Gasteiger partial charge in [0.05, 0.1) is 18.8 Å². The van der Waals surface area contributed by atoms with Crippen LogP contribution in [-0.4, -0.2) is 73.7 Å². The lowest BCUT2D eigenvalue weighted by molar-refractivity contribution is -0.143. The number of benzene rings is 3. The van der Waals surface area contributed by atoms with Crippen LogP contribution < -0.4 is 4.74 Å². The molecule has 3 aromatic rings. The van der Waals surface area contributed by atoms with Crippen LogP contribution in [0.15, 0.2) is 84.9 Å². The average Bonchev–Trinajstić information content (AvgIpc) is 3.02. The number of piperidine rings is 1. The first-order chi connectivity index (χ1) is 20.3. The van der Waals surface area contributed by atoms with Crippen LogP contribution in [0.2, 0.25) is 0 Å². The van der Waals surface area contributed by atoms with Crippen molar-refractivity contribution in [3.05, 3.63) is 102 Å². The molecule has 0 spiro atoms. The standard InChI is InChI=1S/C35H44N2O5/c1-4-41-32(38)19-12-26-42-31-18-11-17-30(27-31)34(40)20-23-37(24-21-34)25-22-35(33(39)36(2)3,28-13-7-5-8-14-28)29-15-9-6-10-16-29/h5-11,13-18,27,40H,4,12,19-26H2,1-3H3. The fourth-order valence-electron chi connectivity index (χ4n) is 5.91. The Labute approximate surface area is 250 Å². The maximum absolute atomic E-state index is 13.9. The summed E-state index contributed by atoms with van der Waals surface area (Å²) in [5.41, 5.74) is 1.07. The monoisotopic (exact) mass is 572 g/mol. The Balaban J connectivity index is 1.43. The Bertz CT molecular complexity index is 1250. The minimum absolute atomic E-state index is 0.0625. The summed E-state index contributed by atoms with van der Waals surface area (Å²) in [7, 11) is 3.64. The van der Waals surface area contributed by atoms with Crippen LogP contribution in [0.4, 0.5) is 0 Å². The molecule has 1 heterocycles. The van der Waals surface area contributed by atoms with Gasteiger partial charge in [0.1, 0.15) is 11.2 Å². The largest absolute Gasteiger partial charge is 0.494 e. The van der Waals surface area contributed by atoms with Crippen molar-refractivity contribution in [3.63, 3.8) is 0 Å². The van der Waals surface area contributed by atoms with Gasteiger partial charge in [-0.25, -0.2) is 0 Å². The van der Waals surface area contributed by atoms with Crippen molar-refractivity contribution in [1.29, 1.82) is 0 Å². The first-order valence-electron chi connectivity index (χ1n) is 14.9. The van der Waals surface area contributed by atoms with Crippen LogP contribution >= 0.6 is 0 Å². The van der Waals surface area contributed by atoms with E-state index in [9.17, 15) is 14.7 Å². The molecular weight excluding hydrogens is 528 g/mol. The van der Waals surface area contributed by atoms with E-state index in [4.69, 9.17) is 9.47 Å². The fourth-order valence-corrected chi connectivity index (χ4v) is 5.91. The second kappa shape index (κ2) is 14.5. The zero-order valence-corrected chi connectivity index (χ0v) is 25.1. The normalized spacial score (nSPS) is 15.1. The van der Waals surface area contributed by atoms with Crippen molar-refractivity contribution in [2.75, 3.05) is 46.9 Å². The Hall–Kier alpha value is -3.68. The summed E-state index contributed by atoms with van der Waals surface area (Å²) in [5.74, 6) is 0.532. The number of aliphatic hydroxyl groups is 1. The maximum Gasteiger partial charge on any atom is 0.305 e. The van der Waals surface area contributed by atoms with E-state index in [1.54, 1.807) is 11.8 Å². The van der Waals surface area contributed by atoms with Crippen LogP contribution in [0.1, 0.15) is 55.7 Å². The van der Waals surface area contributed by atoms with E-state index in [0.717, 1.165) is 36.3 Å². The number of esters is 1. The van der Waals surface area contributed by atoms with Crippen molar-refractivity contribution < 1.29 is 24.2 Å². The van der Waals surface area contributed by atoms with Gasteiger partial charge in [-0.3, -0.25) is 9.59 Å². The number of rotatable bonds is 13. The predicted molar refractivity (Wildman–Crippen MR) is 164 cm³/mol. The second-order valence-corrected chi connectivity index (χ2v) is 11.2. The lowest BCUT2D eigenvalue weighted by Gasteiger charge is -2.41. The molecule has 1 fully saturated rings. The number of likely N-dealkylation sites (N-methyl/N-ethyl adjacent to an activating group) is 1. The highest BCUT2D eigenvalue weighted by Crippen LogP contribution is 2.39. The smallest absolute Gasteiger partial charge is 0.305 e. The highest BCUT2D eigenvalue weighted by molar-refractivity contribution is 5.92. The molecule has 0 saturated carbocycles. The molecule has 1 aliphatic rings. The molecule has 0 unspecified atom stereocenters. The van der Waals surface area contributed by atoms with Crippen molar-refractivity contribution in [1.82, 2.24) is 9.80 Å². The van der Waals surface area contributed by atoms with Gasteiger partial charge in [0.25, 0.3) is 0 Å². The molecule has 7 heteroatoms. The SMILES string of the molecule is CCOC(=O)CCCOc1cccc(C2(O)CCN(CCC(C(=O)N(C)C)(c3ccccc3)c3ccccc3)CC2)c1. The highest BCUT2D eigenvalue weighted by atomic mass is 16.5. The summed E-state index contributed by atoms with van der Waals surface area (Å²) in [6.45, 7) is 4.75. The molecule has 1 N–H and O–H groups in total. The van der Waals surface area contributed by atoms with E-state index in [1.165, 1.54) is 0 Å². The number of hydrogen-bond acceptors (Lipinski definition) is 6. The van der Waals surface area contributed by atoms with E-state index in [1.807, 2.05) is 74.8 Å². The lowest BCUT2D eigenvalue weighted by Crippen LogP contribution is -2.48. The topological polar surface area (TPSA) is 79.3 Å². The van der Waals surface area contributed by atoms with Crippen LogP contribution in [0.5, 0.6) is 5.75 Å². The van der Waals surface area contributed by atoms with Crippen molar-refractivity contribution in [3.8, 4) is 5.75 Å². The quantitative estimate of drug-likeness (QED) is 0.225. The molecule has 1 aliphatic heterocycles. The first kappa shape index (κ1) is 31.3. The maximum atomic E-state index is 13.9. The van der Waals surface area contributed by atoms with Gasteiger partial charge in [-0.15, -0.1) is 0 Å². The molecule has 0 radical (unpaired) electrons. The first-order valence-corrected chi connectivity index (χ1v) is 14.9. The average molecular weight is 573 g/mol. The van der Waals surface area contributed by atoms with Gasteiger partial charge >= 0.3 is 5.97 Å². The molecule has 7 nitrogen and oxygen atoms in total. The van der Waals surface area contributed by atoms with Crippen LogP contribution in [0.3, 0.4) is 0 Å². The fraction of sp³-hybridized carbons (Fsp3) is 0.429. The Morgan fingerprint density at radius 3 is 2.12 bits per heavy atom. The number of likely N-dealkylation sites (tertiary alicyclic amines) is 1. The van der Waals surface area contributed by atoms with Crippen LogP contribution in [-0.2, 0) is 25.3 Å². The summed E-state index contributed by atoms with van der Waals surface area (Å²) in [6, 6.07) is 27.8. The van der Waals surface area contributed by atoms with E-state index >= 15 is 0 Å². The zero-order chi connectivity index (χ0) is 30.0. The lowest BCUT2D eigenvalue weighted by atomic mass is 9.70. The third-order valence-corrected chi connectivity index (χ3v) is 8.26. The molecule has 3 aromatic carbocycles. The molecule has 42 heavy (non-hydrogen) atoms. The van der Waals surface area contributed by atoms with E-state index in [-0.39, 0.29) is 11.9 Å². The van der Waals surface area contributed by atoms with E-state index in [0.29, 0.717) is 51.1 Å². The minimum Gasteiger partial charge on any atom is -0.494 e. The molecule has 224 valence electrons. The molecule has 0 aromatic heterocycles. The summed E-state index contributed by atoms with van der Waals surface area (Å²) in [5, 5.41) is 11.6. The molecule has 1 amide bonds. The summed E-state index contributed by atoms with van der Waals surface area (Å²) >= 11 is 0. The number of carbonyl (C=O) groups excluding carboxylic acids is 2. The molecular formula is C35H44N2O5. The summed E-state index contributed by atoms with van der Waals surface area (Å²) in [6.07, 6.45) is 2.70. The van der Waals surface area contributed by atoms with Gasteiger partial charge in [0, 0.05) is 33.6 Å². The van der Waals surface area contributed by atoms with E-state index < -0.39 is 11.0 Å². The second-order valence-electron chi connectivity index (χ2n) is 11.2.